The van der Waals surface area contributed by atoms with Gasteiger partial charge in [-0.2, -0.15) is 0 Å². The van der Waals surface area contributed by atoms with E-state index in [0.717, 1.165) is 32.1 Å². The molecule has 2 N–H and O–H groups in total. The summed E-state index contributed by atoms with van der Waals surface area (Å²) in [7, 11) is 0. The van der Waals surface area contributed by atoms with Gasteiger partial charge in [0.1, 0.15) is 5.54 Å². The van der Waals surface area contributed by atoms with Crippen LogP contribution in [0.15, 0.2) is 0 Å². The second-order valence-corrected chi connectivity index (χ2v) is 6.94. The lowest BCUT2D eigenvalue weighted by Crippen LogP contribution is -2.58. The molecule has 0 aliphatic heterocycles. The van der Waals surface area contributed by atoms with E-state index in [0.29, 0.717) is 12.6 Å². The SMILES string of the molecule is CCCCCCC(C)OCC(NC1CC1)(C(=O)O)C1CC1. The van der Waals surface area contributed by atoms with Crippen molar-refractivity contribution in [3.8, 4) is 0 Å². The van der Waals surface area contributed by atoms with Gasteiger partial charge in [0.2, 0.25) is 0 Å². The molecule has 0 aromatic heterocycles. The summed E-state index contributed by atoms with van der Waals surface area (Å²) in [6, 6.07) is 0.394. The number of unbranched alkanes of at least 4 members (excludes halogenated alkanes) is 3. The topological polar surface area (TPSA) is 58.6 Å². The van der Waals surface area contributed by atoms with E-state index in [4.69, 9.17) is 4.74 Å². The largest absolute Gasteiger partial charge is 0.480 e. The number of hydrogen-bond donors (Lipinski definition) is 2. The lowest BCUT2D eigenvalue weighted by molar-refractivity contribution is -0.150. The Morgan fingerprint density at radius 3 is 2.52 bits per heavy atom. The molecule has 0 radical (unpaired) electrons. The average molecular weight is 297 g/mol. The molecule has 0 saturated heterocycles. The van der Waals surface area contributed by atoms with E-state index in [2.05, 4.69) is 19.2 Å². The molecule has 0 heterocycles. The van der Waals surface area contributed by atoms with Crippen LogP contribution in [0.4, 0.5) is 0 Å². The second kappa shape index (κ2) is 7.59. The van der Waals surface area contributed by atoms with Crippen LogP contribution in [-0.2, 0) is 9.53 Å². The quantitative estimate of drug-likeness (QED) is 0.542. The van der Waals surface area contributed by atoms with E-state index in [1.54, 1.807) is 0 Å². The third kappa shape index (κ3) is 4.96. The van der Waals surface area contributed by atoms with Crippen LogP contribution in [0.3, 0.4) is 0 Å². The predicted octanol–water partition coefficient (Wildman–Crippen LogP) is 3.35. The van der Waals surface area contributed by atoms with Gasteiger partial charge in [0, 0.05) is 6.04 Å². The summed E-state index contributed by atoms with van der Waals surface area (Å²) in [4.78, 5) is 11.8. The highest BCUT2D eigenvalue weighted by Gasteiger charge is 2.53. The molecule has 2 unspecified atom stereocenters. The summed E-state index contributed by atoms with van der Waals surface area (Å²) < 4.78 is 5.94. The minimum Gasteiger partial charge on any atom is -0.480 e. The second-order valence-electron chi connectivity index (χ2n) is 6.94. The third-order valence-electron chi connectivity index (χ3n) is 4.75. The maximum absolute atomic E-state index is 11.8. The van der Waals surface area contributed by atoms with Crippen molar-refractivity contribution >= 4 is 5.97 Å². The number of ether oxygens (including phenoxy) is 1. The number of hydrogen-bond acceptors (Lipinski definition) is 3. The summed E-state index contributed by atoms with van der Waals surface area (Å²) in [6.07, 6.45) is 10.4. The van der Waals surface area contributed by atoms with Crippen molar-refractivity contribution in [3.05, 3.63) is 0 Å². The molecule has 122 valence electrons. The Balaban J connectivity index is 1.79. The number of carboxylic acid groups (broad SMARTS) is 1. The number of carbonyl (C=O) groups is 1. The summed E-state index contributed by atoms with van der Waals surface area (Å²) in [5, 5.41) is 13.1. The highest BCUT2D eigenvalue weighted by molar-refractivity contribution is 5.80. The minimum absolute atomic E-state index is 0.153. The summed E-state index contributed by atoms with van der Waals surface area (Å²) >= 11 is 0. The van der Waals surface area contributed by atoms with Gasteiger partial charge in [-0.15, -0.1) is 0 Å². The van der Waals surface area contributed by atoms with Gasteiger partial charge in [-0.25, -0.2) is 0 Å². The van der Waals surface area contributed by atoms with Crippen molar-refractivity contribution < 1.29 is 14.6 Å². The highest BCUT2D eigenvalue weighted by Crippen LogP contribution is 2.42. The Labute approximate surface area is 128 Å². The van der Waals surface area contributed by atoms with Crippen LogP contribution in [0, 0.1) is 5.92 Å². The first-order chi connectivity index (χ1) is 10.1. The van der Waals surface area contributed by atoms with Gasteiger partial charge in [0.15, 0.2) is 0 Å². The molecule has 2 aliphatic carbocycles. The van der Waals surface area contributed by atoms with E-state index in [1.807, 2.05) is 0 Å². The summed E-state index contributed by atoms with van der Waals surface area (Å²) in [5.41, 5.74) is -0.834. The zero-order valence-corrected chi connectivity index (χ0v) is 13.6. The van der Waals surface area contributed by atoms with Crippen LogP contribution in [0.1, 0.15) is 71.6 Å². The smallest absolute Gasteiger partial charge is 0.326 e. The fourth-order valence-corrected chi connectivity index (χ4v) is 2.96. The maximum Gasteiger partial charge on any atom is 0.326 e. The van der Waals surface area contributed by atoms with Crippen molar-refractivity contribution in [1.29, 1.82) is 0 Å². The molecule has 4 nitrogen and oxygen atoms in total. The summed E-state index contributed by atoms with van der Waals surface area (Å²) in [5.74, 6) is -0.474. The predicted molar refractivity (Wildman–Crippen MR) is 83.4 cm³/mol. The Bertz CT molecular complexity index is 339. The van der Waals surface area contributed by atoms with E-state index < -0.39 is 11.5 Å². The van der Waals surface area contributed by atoms with Gasteiger partial charge in [0.05, 0.1) is 12.7 Å². The first-order valence-electron chi connectivity index (χ1n) is 8.71. The van der Waals surface area contributed by atoms with Crippen LogP contribution in [-0.4, -0.2) is 35.4 Å². The number of carboxylic acids is 1. The van der Waals surface area contributed by atoms with Crippen LogP contribution in [0.25, 0.3) is 0 Å². The number of rotatable bonds is 12. The number of nitrogens with one attached hydrogen (secondary N) is 1. The van der Waals surface area contributed by atoms with Crippen molar-refractivity contribution in [1.82, 2.24) is 5.32 Å². The molecule has 0 aromatic rings. The fraction of sp³-hybridized carbons (Fsp3) is 0.941. The van der Waals surface area contributed by atoms with E-state index in [-0.39, 0.29) is 12.0 Å². The molecule has 2 rings (SSSR count). The van der Waals surface area contributed by atoms with Gasteiger partial charge in [-0.3, -0.25) is 10.1 Å². The molecule has 2 fully saturated rings. The van der Waals surface area contributed by atoms with E-state index in [9.17, 15) is 9.90 Å². The average Bonchev–Trinajstić information content (AvgIpc) is 3.32. The van der Waals surface area contributed by atoms with Gasteiger partial charge in [-0.05, 0) is 44.9 Å². The van der Waals surface area contributed by atoms with Crippen LogP contribution >= 0.6 is 0 Å². The zero-order valence-electron chi connectivity index (χ0n) is 13.6. The lowest BCUT2D eigenvalue weighted by Gasteiger charge is -2.32. The Morgan fingerprint density at radius 1 is 1.29 bits per heavy atom. The molecule has 0 spiro atoms. The molecule has 2 saturated carbocycles. The van der Waals surface area contributed by atoms with Gasteiger partial charge >= 0.3 is 5.97 Å². The van der Waals surface area contributed by atoms with Crippen molar-refractivity contribution in [2.75, 3.05) is 6.61 Å². The molecule has 2 aliphatic rings. The first-order valence-corrected chi connectivity index (χ1v) is 8.71. The van der Waals surface area contributed by atoms with Crippen molar-refractivity contribution in [2.45, 2.75) is 89.3 Å². The maximum atomic E-state index is 11.8. The molecule has 2 atom stereocenters. The molecular formula is C17H31NO3. The summed E-state index contributed by atoms with van der Waals surface area (Å²) in [6.45, 7) is 4.60. The fourth-order valence-electron chi connectivity index (χ4n) is 2.96. The van der Waals surface area contributed by atoms with Crippen LogP contribution in [0.5, 0.6) is 0 Å². The Hall–Kier alpha value is -0.610. The standard InChI is InChI=1S/C17H31NO3/c1-3-4-5-6-7-13(2)21-12-17(16(19)20,14-8-9-14)18-15-10-11-15/h13-15,18H,3-12H2,1-2H3,(H,19,20). The highest BCUT2D eigenvalue weighted by atomic mass is 16.5. The normalized spacial score (nSPS) is 22.8. The monoisotopic (exact) mass is 297 g/mol. The van der Waals surface area contributed by atoms with Gasteiger partial charge in [0.25, 0.3) is 0 Å². The third-order valence-corrected chi connectivity index (χ3v) is 4.75. The lowest BCUT2D eigenvalue weighted by atomic mass is 9.93. The van der Waals surface area contributed by atoms with Gasteiger partial charge < -0.3 is 9.84 Å². The molecular weight excluding hydrogens is 266 g/mol. The van der Waals surface area contributed by atoms with Crippen LogP contribution in [0.2, 0.25) is 0 Å². The van der Waals surface area contributed by atoms with Gasteiger partial charge in [-0.1, -0.05) is 32.6 Å². The molecule has 21 heavy (non-hydrogen) atoms. The van der Waals surface area contributed by atoms with E-state index >= 15 is 0 Å². The Morgan fingerprint density at radius 2 is 2.00 bits per heavy atom. The van der Waals surface area contributed by atoms with E-state index in [1.165, 1.54) is 25.7 Å². The molecule has 0 bridgehead atoms. The minimum atomic E-state index is -0.834. The zero-order chi connectivity index (χ0) is 15.3. The molecule has 4 heteroatoms. The molecule has 0 amide bonds. The molecule has 0 aromatic carbocycles. The Kier molecular flexibility index (Phi) is 6.06. The van der Waals surface area contributed by atoms with Crippen molar-refractivity contribution in [3.63, 3.8) is 0 Å². The first kappa shape index (κ1) is 16.8. The van der Waals surface area contributed by atoms with Crippen LogP contribution < -0.4 is 5.32 Å². The van der Waals surface area contributed by atoms with Crippen molar-refractivity contribution in [2.24, 2.45) is 5.92 Å². The number of aliphatic carboxylic acids is 1.